The van der Waals surface area contributed by atoms with Crippen molar-refractivity contribution in [3.63, 3.8) is 0 Å². The minimum atomic E-state index is -0.234. The number of hydrogen-bond donors (Lipinski definition) is 1. The molecule has 0 aliphatic rings. The third kappa shape index (κ3) is 9.54. The number of hydrogen-bond acceptors (Lipinski definition) is 2. The van der Waals surface area contributed by atoms with E-state index in [9.17, 15) is 9.90 Å². The summed E-state index contributed by atoms with van der Waals surface area (Å²) in [4.78, 5) is 10.5. The lowest BCUT2D eigenvalue weighted by Gasteiger charge is -2.11. The smallest absolute Gasteiger partial charge is 0.133 e. The van der Waals surface area contributed by atoms with Crippen molar-refractivity contribution in [3.05, 3.63) is 6.92 Å². The van der Waals surface area contributed by atoms with Crippen molar-refractivity contribution in [1.82, 2.24) is 0 Å². The maximum Gasteiger partial charge on any atom is 0.133 e. The molecule has 1 N–H and O–H groups in total. The SMILES string of the molecule is [CH2]C(=O)CCCC(O)CCC(C)C. The van der Waals surface area contributed by atoms with Crippen LogP contribution in [0.15, 0.2) is 0 Å². The monoisotopic (exact) mass is 185 g/mol. The van der Waals surface area contributed by atoms with Gasteiger partial charge in [-0.2, -0.15) is 0 Å². The van der Waals surface area contributed by atoms with Gasteiger partial charge < -0.3 is 5.11 Å². The lowest BCUT2D eigenvalue weighted by atomic mass is 10.0. The first kappa shape index (κ1) is 12.6. The standard InChI is InChI=1S/C11H21O2/c1-9(2)7-8-11(13)6-4-5-10(3)12/h9,11,13H,3-8H2,1-2H3. The van der Waals surface area contributed by atoms with Gasteiger partial charge >= 0.3 is 0 Å². The van der Waals surface area contributed by atoms with Gasteiger partial charge in [-0.15, -0.1) is 0 Å². The molecular weight excluding hydrogens is 164 g/mol. The van der Waals surface area contributed by atoms with Crippen LogP contribution in [0, 0.1) is 12.8 Å². The molecule has 0 aliphatic carbocycles. The highest BCUT2D eigenvalue weighted by molar-refractivity contribution is 5.82. The van der Waals surface area contributed by atoms with Crippen LogP contribution in [0.5, 0.6) is 0 Å². The molecule has 0 aromatic rings. The maximum atomic E-state index is 10.5. The van der Waals surface area contributed by atoms with E-state index in [1.807, 2.05) is 0 Å². The zero-order valence-corrected chi connectivity index (χ0v) is 8.75. The van der Waals surface area contributed by atoms with E-state index in [4.69, 9.17) is 0 Å². The molecule has 0 amide bonds. The minimum absolute atomic E-state index is 0.0314. The molecule has 0 aromatic carbocycles. The van der Waals surface area contributed by atoms with E-state index < -0.39 is 0 Å². The Labute approximate surface area is 81.3 Å². The first-order valence-electron chi connectivity index (χ1n) is 5.05. The highest BCUT2D eigenvalue weighted by atomic mass is 16.3. The van der Waals surface area contributed by atoms with Gasteiger partial charge in [0, 0.05) is 13.3 Å². The van der Waals surface area contributed by atoms with Crippen molar-refractivity contribution in [2.75, 3.05) is 0 Å². The molecule has 13 heavy (non-hydrogen) atoms. The fraction of sp³-hybridized carbons (Fsp3) is 0.818. The highest BCUT2D eigenvalue weighted by Crippen LogP contribution is 2.11. The Kier molecular flexibility index (Phi) is 6.87. The predicted octanol–water partition coefficient (Wildman–Crippen LogP) is 2.36. The number of carbonyl (C=O) groups excluding carboxylic acids is 1. The molecular formula is C11H21O2. The summed E-state index contributed by atoms with van der Waals surface area (Å²) in [6.45, 7) is 7.58. The van der Waals surface area contributed by atoms with E-state index >= 15 is 0 Å². The Bertz CT molecular complexity index is 141. The maximum absolute atomic E-state index is 10.5. The van der Waals surface area contributed by atoms with E-state index in [-0.39, 0.29) is 11.9 Å². The topological polar surface area (TPSA) is 37.3 Å². The van der Waals surface area contributed by atoms with Gasteiger partial charge in [0.05, 0.1) is 6.10 Å². The van der Waals surface area contributed by atoms with Crippen LogP contribution >= 0.6 is 0 Å². The van der Waals surface area contributed by atoms with Crippen LogP contribution in [-0.2, 0) is 4.79 Å². The summed E-state index contributed by atoms with van der Waals surface area (Å²) in [6, 6.07) is 0. The molecule has 1 unspecified atom stereocenters. The quantitative estimate of drug-likeness (QED) is 0.661. The molecule has 0 heterocycles. The van der Waals surface area contributed by atoms with Crippen LogP contribution in [0.25, 0.3) is 0 Å². The Morgan fingerprint density at radius 3 is 2.38 bits per heavy atom. The van der Waals surface area contributed by atoms with Gasteiger partial charge in [-0.1, -0.05) is 13.8 Å². The van der Waals surface area contributed by atoms with Crippen molar-refractivity contribution < 1.29 is 9.90 Å². The van der Waals surface area contributed by atoms with E-state index in [1.165, 1.54) is 0 Å². The van der Waals surface area contributed by atoms with Crippen LogP contribution < -0.4 is 0 Å². The molecule has 0 fully saturated rings. The van der Waals surface area contributed by atoms with Crippen molar-refractivity contribution in [2.24, 2.45) is 5.92 Å². The zero-order chi connectivity index (χ0) is 10.3. The van der Waals surface area contributed by atoms with Crippen LogP contribution in [-0.4, -0.2) is 17.0 Å². The molecule has 0 saturated heterocycles. The molecule has 0 spiro atoms. The Morgan fingerprint density at radius 2 is 1.92 bits per heavy atom. The van der Waals surface area contributed by atoms with Crippen LogP contribution in [0.1, 0.15) is 46.0 Å². The van der Waals surface area contributed by atoms with E-state index in [1.54, 1.807) is 0 Å². The molecule has 2 heteroatoms. The fourth-order valence-corrected chi connectivity index (χ4v) is 1.20. The number of Topliss-reactive ketones (excluding diaryl/α,β-unsaturated/α-hetero) is 1. The van der Waals surface area contributed by atoms with Gasteiger partial charge in [0.15, 0.2) is 0 Å². The second-order valence-corrected chi connectivity index (χ2v) is 4.06. The lowest BCUT2D eigenvalue weighted by molar-refractivity contribution is -0.115. The first-order chi connectivity index (χ1) is 6.02. The molecule has 2 nitrogen and oxygen atoms in total. The third-order valence-electron chi connectivity index (χ3n) is 2.07. The Morgan fingerprint density at radius 1 is 1.31 bits per heavy atom. The second-order valence-electron chi connectivity index (χ2n) is 4.06. The van der Waals surface area contributed by atoms with Gasteiger partial charge in [-0.25, -0.2) is 0 Å². The van der Waals surface area contributed by atoms with Crippen LogP contribution in [0.2, 0.25) is 0 Å². The van der Waals surface area contributed by atoms with Crippen molar-refractivity contribution in [1.29, 1.82) is 0 Å². The van der Waals surface area contributed by atoms with Gasteiger partial charge in [0.1, 0.15) is 5.78 Å². The van der Waals surface area contributed by atoms with Gasteiger partial charge in [-0.3, -0.25) is 4.79 Å². The predicted molar refractivity (Wildman–Crippen MR) is 54.3 cm³/mol. The van der Waals surface area contributed by atoms with Crippen molar-refractivity contribution in [2.45, 2.75) is 52.1 Å². The average Bonchev–Trinajstić information content (AvgIpc) is 2.00. The lowest BCUT2D eigenvalue weighted by Crippen LogP contribution is -2.08. The van der Waals surface area contributed by atoms with Crippen LogP contribution in [0.3, 0.4) is 0 Å². The van der Waals surface area contributed by atoms with Crippen LogP contribution in [0.4, 0.5) is 0 Å². The molecule has 0 aliphatic heterocycles. The molecule has 0 bridgehead atoms. The van der Waals surface area contributed by atoms with E-state index in [0.717, 1.165) is 25.7 Å². The number of ketones is 1. The Balaban J connectivity index is 3.29. The first-order valence-corrected chi connectivity index (χ1v) is 5.05. The molecule has 0 rings (SSSR count). The molecule has 1 radical (unpaired) electrons. The van der Waals surface area contributed by atoms with E-state index in [0.29, 0.717) is 12.3 Å². The fourth-order valence-electron chi connectivity index (χ4n) is 1.20. The summed E-state index contributed by atoms with van der Waals surface area (Å²) in [7, 11) is 0. The van der Waals surface area contributed by atoms with Crippen molar-refractivity contribution in [3.8, 4) is 0 Å². The average molecular weight is 185 g/mol. The zero-order valence-electron chi connectivity index (χ0n) is 8.75. The summed E-state index contributed by atoms with van der Waals surface area (Å²) in [5.74, 6) is 0.611. The minimum Gasteiger partial charge on any atom is -0.393 e. The van der Waals surface area contributed by atoms with Gasteiger partial charge in [0.25, 0.3) is 0 Å². The number of aliphatic hydroxyl groups excluding tert-OH is 1. The third-order valence-corrected chi connectivity index (χ3v) is 2.07. The summed E-state index contributed by atoms with van der Waals surface area (Å²) in [5, 5.41) is 9.48. The number of aliphatic hydroxyl groups is 1. The molecule has 0 saturated carbocycles. The summed E-state index contributed by atoms with van der Waals surface area (Å²) >= 11 is 0. The molecule has 0 aromatic heterocycles. The van der Waals surface area contributed by atoms with E-state index in [2.05, 4.69) is 20.8 Å². The van der Waals surface area contributed by atoms with Gasteiger partial charge in [-0.05, 0) is 31.6 Å². The van der Waals surface area contributed by atoms with Crippen molar-refractivity contribution >= 4 is 5.78 Å². The second kappa shape index (κ2) is 7.07. The summed E-state index contributed by atoms with van der Waals surface area (Å²) < 4.78 is 0. The largest absolute Gasteiger partial charge is 0.393 e. The normalized spacial score (nSPS) is 13.3. The van der Waals surface area contributed by atoms with Gasteiger partial charge in [0.2, 0.25) is 0 Å². The highest BCUT2D eigenvalue weighted by Gasteiger charge is 2.05. The number of carbonyl (C=O) groups is 1. The molecule has 77 valence electrons. The summed E-state index contributed by atoms with van der Waals surface area (Å²) in [6.07, 6.45) is 3.67. The Hall–Kier alpha value is -0.370. The summed E-state index contributed by atoms with van der Waals surface area (Å²) in [5.41, 5.74) is 0. The molecule has 1 atom stereocenters. The number of rotatable bonds is 7.